The molecule has 1 saturated carbocycles. The van der Waals surface area contributed by atoms with Crippen LogP contribution >= 0.6 is 0 Å². The maximum Gasteiger partial charge on any atom is 0.326 e. The molecule has 2 aliphatic rings. The number of fused-ring (bicyclic) bond motifs is 1. The highest BCUT2D eigenvalue weighted by molar-refractivity contribution is 5.95. The number of benzene rings is 1. The number of para-hydroxylation sites is 1. The van der Waals surface area contributed by atoms with E-state index in [0.717, 1.165) is 31.4 Å². The number of nitrogens with zero attached hydrogens (tertiary/aromatic N) is 3. The summed E-state index contributed by atoms with van der Waals surface area (Å²) in [6.07, 6.45) is 6.38. The van der Waals surface area contributed by atoms with E-state index in [2.05, 4.69) is 5.10 Å². The van der Waals surface area contributed by atoms with Gasteiger partial charge in [0.2, 0.25) is 0 Å². The Bertz CT molecular complexity index is 786. The predicted octanol–water partition coefficient (Wildman–Crippen LogP) is 2.73. The van der Waals surface area contributed by atoms with Gasteiger partial charge in [0, 0.05) is 12.2 Å². The van der Waals surface area contributed by atoms with Crippen LogP contribution in [0.4, 0.5) is 0 Å². The van der Waals surface area contributed by atoms with Crippen molar-refractivity contribution in [1.29, 1.82) is 0 Å². The number of hydrogen-bond donors (Lipinski definition) is 1. The van der Waals surface area contributed by atoms with Gasteiger partial charge in [-0.05, 0) is 43.4 Å². The smallest absolute Gasteiger partial charge is 0.326 e. The molecule has 4 rings (SSSR count). The van der Waals surface area contributed by atoms with Crippen molar-refractivity contribution in [2.24, 2.45) is 5.92 Å². The summed E-state index contributed by atoms with van der Waals surface area (Å²) in [5.41, 5.74) is 1.18. The summed E-state index contributed by atoms with van der Waals surface area (Å²) in [6, 6.07) is 10.5. The van der Waals surface area contributed by atoms with E-state index in [-0.39, 0.29) is 11.9 Å². The average molecular weight is 339 g/mol. The quantitative estimate of drug-likeness (QED) is 0.933. The molecular formula is C19H21N3O3. The third kappa shape index (κ3) is 2.81. The van der Waals surface area contributed by atoms with Gasteiger partial charge in [0.1, 0.15) is 6.04 Å². The van der Waals surface area contributed by atoms with Crippen LogP contribution < -0.4 is 0 Å². The van der Waals surface area contributed by atoms with Gasteiger partial charge in [-0.25, -0.2) is 9.48 Å². The number of carbonyl (C=O) groups excluding carboxylic acids is 1. The summed E-state index contributed by atoms with van der Waals surface area (Å²) in [4.78, 5) is 26.3. The monoisotopic (exact) mass is 339 g/mol. The van der Waals surface area contributed by atoms with Crippen LogP contribution in [-0.2, 0) is 4.79 Å². The van der Waals surface area contributed by atoms with Crippen molar-refractivity contribution in [2.75, 3.05) is 0 Å². The van der Waals surface area contributed by atoms with Gasteiger partial charge in [-0.1, -0.05) is 31.0 Å². The van der Waals surface area contributed by atoms with E-state index in [0.29, 0.717) is 18.0 Å². The molecule has 130 valence electrons. The van der Waals surface area contributed by atoms with E-state index in [1.54, 1.807) is 21.8 Å². The van der Waals surface area contributed by atoms with Crippen LogP contribution in [0.3, 0.4) is 0 Å². The first kappa shape index (κ1) is 15.9. The van der Waals surface area contributed by atoms with Crippen LogP contribution in [0.1, 0.15) is 42.6 Å². The van der Waals surface area contributed by atoms with Crippen molar-refractivity contribution in [2.45, 2.75) is 44.2 Å². The molecule has 1 amide bonds. The number of carboxylic acids is 1. The largest absolute Gasteiger partial charge is 0.480 e. The van der Waals surface area contributed by atoms with Gasteiger partial charge in [-0.15, -0.1) is 0 Å². The molecule has 3 atom stereocenters. The predicted molar refractivity (Wildman–Crippen MR) is 91.5 cm³/mol. The van der Waals surface area contributed by atoms with Gasteiger partial charge >= 0.3 is 5.97 Å². The molecule has 0 bridgehead atoms. The minimum atomic E-state index is -0.912. The number of amides is 1. The lowest BCUT2D eigenvalue weighted by atomic mass is 9.84. The zero-order valence-corrected chi connectivity index (χ0v) is 13.9. The van der Waals surface area contributed by atoms with Crippen LogP contribution in [0.5, 0.6) is 0 Å². The molecule has 2 fully saturated rings. The van der Waals surface area contributed by atoms with Gasteiger partial charge < -0.3 is 10.0 Å². The van der Waals surface area contributed by atoms with Crippen LogP contribution in [-0.4, -0.2) is 43.7 Å². The summed E-state index contributed by atoms with van der Waals surface area (Å²) in [5, 5.41) is 14.0. The molecule has 2 heterocycles. The van der Waals surface area contributed by atoms with E-state index >= 15 is 0 Å². The molecule has 1 aliphatic carbocycles. The minimum absolute atomic E-state index is 0.0317. The minimum Gasteiger partial charge on any atom is -0.480 e. The van der Waals surface area contributed by atoms with Gasteiger partial charge in [0.25, 0.3) is 5.91 Å². The lowest BCUT2D eigenvalue weighted by molar-refractivity contribution is -0.141. The van der Waals surface area contributed by atoms with Gasteiger partial charge in [-0.2, -0.15) is 5.10 Å². The first-order chi connectivity index (χ1) is 12.1. The molecule has 25 heavy (non-hydrogen) atoms. The number of hydrogen-bond acceptors (Lipinski definition) is 3. The van der Waals surface area contributed by atoms with E-state index in [1.165, 1.54) is 0 Å². The Balaban J connectivity index is 1.63. The first-order valence-electron chi connectivity index (χ1n) is 8.81. The second-order valence-corrected chi connectivity index (χ2v) is 6.90. The Morgan fingerprint density at radius 2 is 1.84 bits per heavy atom. The lowest BCUT2D eigenvalue weighted by Gasteiger charge is -2.32. The summed E-state index contributed by atoms with van der Waals surface area (Å²) in [7, 11) is 0. The molecule has 6 heteroatoms. The van der Waals surface area contributed by atoms with Crippen molar-refractivity contribution < 1.29 is 14.7 Å². The second kappa shape index (κ2) is 6.35. The molecule has 0 radical (unpaired) electrons. The number of carboxylic acid groups (broad SMARTS) is 1. The maximum atomic E-state index is 13.0. The third-order valence-electron chi connectivity index (χ3n) is 5.44. The number of aromatic nitrogens is 2. The highest BCUT2D eigenvalue weighted by Gasteiger charge is 2.48. The molecular weight excluding hydrogens is 318 g/mol. The Morgan fingerprint density at radius 1 is 1.08 bits per heavy atom. The second-order valence-electron chi connectivity index (χ2n) is 6.90. The summed E-state index contributed by atoms with van der Waals surface area (Å²) in [5.74, 6) is -0.878. The summed E-state index contributed by atoms with van der Waals surface area (Å²) >= 11 is 0. The fourth-order valence-corrected chi connectivity index (χ4v) is 4.27. The Kier molecular flexibility index (Phi) is 4.03. The number of likely N-dealkylation sites (tertiary alicyclic amines) is 1. The first-order valence-corrected chi connectivity index (χ1v) is 8.81. The molecule has 1 N–H and O–H groups in total. The van der Waals surface area contributed by atoms with Crippen molar-refractivity contribution in [3.63, 3.8) is 0 Å². The van der Waals surface area contributed by atoms with Crippen molar-refractivity contribution in [3.05, 3.63) is 48.3 Å². The van der Waals surface area contributed by atoms with Crippen molar-refractivity contribution in [1.82, 2.24) is 14.7 Å². The van der Waals surface area contributed by atoms with Crippen molar-refractivity contribution >= 4 is 11.9 Å². The molecule has 1 saturated heterocycles. The number of carbonyl (C=O) groups is 2. The topological polar surface area (TPSA) is 75.4 Å². The molecule has 6 nitrogen and oxygen atoms in total. The van der Waals surface area contributed by atoms with Gasteiger partial charge in [0.15, 0.2) is 5.69 Å². The van der Waals surface area contributed by atoms with Gasteiger partial charge in [-0.3, -0.25) is 4.79 Å². The molecule has 1 aliphatic heterocycles. The van der Waals surface area contributed by atoms with Gasteiger partial charge in [0.05, 0.1) is 5.69 Å². The molecule has 2 aromatic rings. The van der Waals surface area contributed by atoms with E-state index in [9.17, 15) is 14.7 Å². The highest BCUT2D eigenvalue weighted by Crippen LogP contribution is 2.40. The molecule has 1 aromatic carbocycles. The number of aliphatic carboxylic acids is 1. The van der Waals surface area contributed by atoms with Crippen LogP contribution in [0.15, 0.2) is 42.6 Å². The normalized spacial score (nSPS) is 25.6. The Hall–Kier alpha value is -2.63. The Labute approximate surface area is 146 Å². The Morgan fingerprint density at radius 3 is 2.60 bits per heavy atom. The zero-order chi connectivity index (χ0) is 17.4. The zero-order valence-electron chi connectivity index (χ0n) is 13.9. The van der Waals surface area contributed by atoms with E-state index in [1.807, 2.05) is 30.3 Å². The molecule has 0 spiro atoms. The summed E-state index contributed by atoms with van der Waals surface area (Å²) < 4.78 is 1.65. The van der Waals surface area contributed by atoms with Crippen LogP contribution in [0.25, 0.3) is 5.69 Å². The fraction of sp³-hybridized carbons (Fsp3) is 0.421. The maximum absolute atomic E-state index is 13.0. The van der Waals surface area contributed by atoms with Crippen molar-refractivity contribution in [3.8, 4) is 5.69 Å². The third-order valence-corrected chi connectivity index (χ3v) is 5.44. The van der Waals surface area contributed by atoms with Crippen LogP contribution in [0.2, 0.25) is 0 Å². The number of rotatable bonds is 3. The summed E-state index contributed by atoms with van der Waals surface area (Å²) in [6.45, 7) is 0. The van der Waals surface area contributed by atoms with E-state index < -0.39 is 12.0 Å². The van der Waals surface area contributed by atoms with E-state index in [4.69, 9.17) is 0 Å². The van der Waals surface area contributed by atoms with Crippen LogP contribution in [0, 0.1) is 5.92 Å². The highest BCUT2D eigenvalue weighted by atomic mass is 16.4. The lowest BCUT2D eigenvalue weighted by Crippen LogP contribution is -2.46. The SMILES string of the molecule is O=C(O)[C@@H]1C[C@@H]2CCCC[C@@H]2N1C(=O)c1ccn(-c2ccccc2)n1. The molecule has 0 unspecified atom stereocenters. The molecule has 1 aromatic heterocycles. The average Bonchev–Trinajstić information content (AvgIpc) is 3.27. The standard InChI is InChI=1S/C19H21N3O3/c23-18(15-10-11-21(20-15)14-7-2-1-3-8-14)22-16-9-5-4-6-13(16)12-17(22)19(24)25/h1-3,7-8,10-11,13,16-17H,4-6,9,12H2,(H,24,25)/t13-,16-,17-/m0/s1. The fourth-order valence-electron chi connectivity index (χ4n) is 4.27.